The second-order valence-corrected chi connectivity index (χ2v) is 8.49. The zero-order valence-corrected chi connectivity index (χ0v) is 15.4. The molecule has 0 fully saturated rings. The molecule has 0 amide bonds. The van der Waals surface area contributed by atoms with Crippen LogP contribution in [0.25, 0.3) is 32.7 Å². The second-order valence-electron chi connectivity index (χ2n) is 6.68. The summed E-state index contributed by atoms with van der Waals surface area (Å²) >= 11 is 0. The summed E-state index contributed by atoms with van der Waals surface area (Å²) in [6.45, 7) is 1.94. The SMILES string of the molecule is Cc1ccc(S(=O)(=O)n2ccc3c4cc5ccccc5nc4ccc32)cc1. The van der Waals surface area contributed by atoms with Crippen LogP contribution < -0.4 is 0 Å². The summed E-state index contributed by atoms with van der Waals surface area (Å²) in [4.78, 5) is 4.99. The Balaban J connectivity index is 1.78. The Morgan fingerprint density at radius 2 is 1.59 bits per heavy atom. The Kier molecular flexibility index (Phi) is 3.36. The number of nitrogens with zero attached hydrogens (tertiary/aromatic N) is 2. The molecule has 0 atom stereocenters. The molecular weight excluding hydrogens is 356 g/mol. The lowest BCUT2D eigenvalue weighted by atomic mass is 10.1. The molecule has 4 nitrogen and oxygen atoms in total. The predicted octanol–water partition coefficient (Wildman–Crippen LogP) is 4.89. The molecule has 2 aromatic heterocycles. The van der Waals surface area contributed by atoms with Crippen molar-refractivity contribution >= 4 is 42.7 Å². The van der Waals surface area contributed by atoms with Crippen molar-refractivity contribution in [2.75, 3.05) is 0 Å². The van der Waals surface area contributed by atoms with E-state index in [0.29, 0.717) is 5.52 Å². The van der Waals surface area contributed by atoms with E-state index < -0.39 is 10.0 Å². The summed E-state index contributed by atoms with van der Waals surface area (Å²) in [5.74, 6) is 0. The van der Waals surface area contributed by atoms with Gasteiger partial charge in [-0.25, -0.2) is 17.4 Å². The third-order valence-corrected chi connectivity index (χ3v) is 6.61. The molecule has 0 bridgehead atoms. The fourth-order valence-corrected chi connectivity index (χ4v) is 4.83. The van der Waals surface area contributed by atoms with Gasteiger partial charge in [0.1, 0.15) is 0 Å². The minimum atomic E-state index is -3.65. The maximum absolute atomic E-state index is 13.1. The average Bonchev–Trinajstić information content (AvgIpc) is 3.12. The van der Waals surface area contributed by atoms with Crippen LogP contribution in [0, 0.1) is 6.92 Å². The van der Waals surface area contributed by atoms with Crippen molar-refractivity contribution in [2.45, 2.75) is 11.8 Å². The van der Waals surface area contributed by atoms with Crippen LogP contribution in [0.3, 0.4) is 0 Å². The third kappa shape index (κ3) is 2.43. The van der Waals surface area contributed by atoms with Crippen LogP contribution in [-0.2, 0) is 10.0 Å². The zero-order valence-electron chi connectivity index (χ0n) is 14.6. The van der Waals surface area contributed by atoms with Crippen LogP contribution in [0.2, 0.25) is 0 Å². The monoisotopic (exact) mass is 372 g/mol. The summed E-state index contributed by atoms with van der Waals surface area (Å²) in [7, 11) is -3.65. The second kappa shape index (κ2) is 5.66. The van der Waals surface area contributed by atoms with Gasteiger partial charge in [-0.3, -0.25) is 0 Å². The van der Waals surface area contributed by atoms with Gasteiger partial charge in [-0.15, -0.1) is 0 Å². The lowest BCUT2D eigenvalue weighted by Crippen LogP contribution is -2.11. The van der Waals surface area contributed by atoms with Crippen molar-refractivity contribution in [3.8, 4) is 0 Å². The number of pyridine rings is 1. The molecule has 0 radical (unpaired) electrons. The highest BCUT2D eigenvalue weighted by Crippen LogP contribution is 2.30. The molecule has 0 aliphatic rings. The van der Waals surface area contributed by atoms with Crippen molar-refractivity contribution in [3.05, 3.63) is 84.6 Å². The van der Waals surface area contributed by atoms with Crippen molar-refractivity contribution in [3.63, 3.8) is 0 Å². The smallest absolute Gasteiger partial charge is 0.248 e. The van der Waals surface area contributed by atoms with E-state index in [4.69, 9.17) is 4.98 Å². The van der Waals surface area contributed by atoms with Crippen LogP contribution in [0.5, 0.6) is 0 Å². The Morgan fingerprint density at radius 1 is 0.815 bits per heavy atom. The highest BCUT2D eigenvalue weighted by Gasteiger charge is 2.19. The first-order valence-corrected chi connectivity index (χ1v) is 10.1. The number of hydrogen-bond acceptors (Lipinski definition) is 3. The van der Waals surface area contributed by atoms with Crippen LogP contribution in [-0.4, -0.2) is 17.4 Å². The maximum Gasteiger partial charge on any atom is 0.268 e. The number of para-hydroxylation sites is 1. The van der Waals surface area contributed by atoms with Crippen molar-refractivity contribution in [2.24, 2.45) is 0 Å². The van der Waals surface area contributed by atoms with Gasteiger partial charge in [-0.2, -0.15) is 0 Å². The number of rotatable bonds is 2. The Bertz CT molecular complexity index is 1430. The molecule has 0 saturated heterocycles. The van der Waals surface area contributed by atoms with Gasteiger partial charge < -0.3 is 0 Å². The average molecular weight is 372 g/mol. The normalized spacial score (nSPS) is 12.2. The molecule has 0 N–H and O–H groups in total. The van der Waals surface area contributed by atoms with E-state index in [1.807, 2.05) is 61.5 Å². The topological polar surface area (TPSA) is 52.0 Å². The predicted molar refractivity (Wildman–Crippen MR) is 109 cm³/mol. The largest absolute Gasteiger partial charge is 0.268 e. The van der Waals surface area contributed by atoms with E-state index in [9.17, 15) is 8.42 Å². The summed E-state index contributed by atoms with van der Waals surface area (Å²) in [5, 5.41) is 2.86. The van der Waals surface area contributed by atoms with E-state index in [0.717, 1.165) is 32.8 Å². The Morgan fingerprint density at radius 3 is 2.41 bits per heavy atom. The van der Waals surface area contributed by atoms with E-state index in [1.54, 1.807) is 18.3 Å². The molecule has 27 heavy (non-hydrogen) atoms. The molecule has 0 spiro atoms. The molecule has 0 saturated carbocycles. The molecule has 3 aromatic carbocycles. The lowest BCUT2D eigenvalue weighted by molar-refractivity contribution is 0.589. The number of benzene rings is 3. The number of aryl methyl sites for hydroxylation is 1. The highest BCUT2D eigenvalue weighted by molar-refractivity contribution is 7.90. The van der Waals surface area contributed by atoms with E-state index in [1.165, 1.54) is 3.97 Å². The van der Waals surface area contributed by atoms with Gasteiger partial charge in [-0.05, 0) is 49.4 Å². The molecular formula is C22H16N2O2S. The molecule has 0 aliphatic heterocycles. The van der Waals surface area contributed by atoms with Gasteiger partial charge in [0.15, 0.2) is 0 Å². The Hall–Kier alpha value is -3.18. The van der Waals surface area contributed by atoms with Crippen LogP contribution in [0.4, 0.5) is 0 Å². The maximum atomic E-state index is 13.1. The van der Waals surface area contributed by atoms with Crippen molar-refractivity contribution in [1.29, 1.82) is 0 Å². The number of fused-ring (bicyclic) bond motifs is 4. The molecule has 5 heteroatoms. The fourth-order valence-electron chi connectivity index (χ4n) is 3.48. The minimum Gasteiger partial charge on any atom is -0.248 e. The molecule has 5 aromatic rings. The number of aromatic nitrogens is 2. The van der Waals surface area contributed by atoms with Crippen molar-refractivity contribution in [1.82, 2.24) is 8.96 Å². The minimum absolute atomic E-state index is 0.280. The molecule has 5 rings (SSSR count). The zero-order chi connectivity index (χ0) is 18.6. The van der Waals surface area contributed by atoms with E-state index in [2.05, 4.69) is 6.07 Å². The molecule has 0 unspecified atom stereocenters. The summed E-state index contributed by atoms with van der Waals surface area (Å²) in [5.41, 5.74) is 3.46. The van der Waals surface area contributed by atoms with Gasteiger partial charge in [0.25, 0.3) is 10.0 Å². The van der Waals surface area contributed by atoms with E-state index in [-0.39, 0.29) is 4.90 Å². The summed E-state index contributed by atoms with van der Waals surface area (Å²) < 4.78 is 27.6. The standard InChI is InChI=1S/C22H16N2O2S/c1-15-6-8-17(9-7-15)27(25,26)24-13-12-18-19-14-16-4-2-3-5-20(16)23-21(19)10-11-22(18)24/h2-14H,1H3. The first-order chi connectivity index (χ1) is 13.0. The van der Waals surface area contributed by atoms with Crippen LogP contribution in [0.15, 0.2) is 83.9 Å². The third-order valence-electron chi connectivity index (χ3n) is 4.91. The summed E-state index contributed by atoms with van der Waals surface area (Å²) in [6.07, 6.45) is 1.62. The van der Waals surface area contributed by atoms with Gasteiger partial charge in [0.05, 0.1) is 21.4 Å². The van der Waals surface area contributed by atoms with Gasteiger partial charge in [0, 0.05) is 22.4 Å². The first-order valence-electron chi connectivity index (χ1n) is 8.66. The lowest BCUT2D eigenvalue weighted by Gasteiger charge is -2.09. The quantitative estimate of drug-likeness (QED) is 0.415. The van der Waals surface area contributed by atoms with E-state index >= 15 is 0 Å². The number of hydrogen-bond donors (Lipinski definition) is 0. The van der Waals surface area contributed by atoms with Crippen molar-refractivity contribution < 1.29 is 8.42 Å². The highest BCUT2D eigenvalue weighted by atomic mass is 32.2. The van der Waals surface area contributed by atoms with Gasteiger partial charge >= 0.3 is 0 Å². The van der Waals surface area contributed by atoms with Crippen LogP contribution in [0.1, 0.15) is 5.56 Å². The molecule has 132 valence electrons. The molecule has 0 aliphatic carbocycles. The van der Waals surface area contributed by atoms with Gasteiger partial charge in [0.2, 0.25) is 0 Å². The van der Waals surface area contributed by atoms with Crippen LogP contribution >= 0.6 is 0 Å². The first kappa shape index (κ1) is 16.0. The summed E-state index contributed by atoms with van der Waals surface area (Å²) in [6, 6.07) is 22.5. The Labute approximate surface area is 156 Å². The molecule has 2 heterocycles. The van der Waals surface area contributed by atoms with Gasteiger partial charge in [-0.1, -0.05) is 35.9 Å². The fraction of sp³-hybridized carbons (Fsp3) is 0.0455.